The zero-order chi connectivity index (χ0) is 23.7. The summed E-state index contributed by atoms with van der Waals surface area (Å²) in [6.45, 7) is 1.66. The van der Waals surface area contributed by atoms with Crippen molar-refractivity contribution in [2.45, 2.75) is 30.8 Å². The fourth-order valence-electron chi connectivity index (χ4n) is 3.01. The Hall–Kier alpha value is -3.21. The molecule has 0 amide bonds. The molecule has 0 fully saturated rings. The van der Waals surface area contributed by atoms with Crippen molar-refractivity contribution in [1.29, 1.82) is 0 Å². The van der Waals surface area contributed by atoms with Gasteiger partial charge < -0.3 is 4.84 Å². The highest BCUT2D eigenvalue weighted by Gasteiger charge is 2.42. The van der Waals surface area contributed by atoms with E-state index < -0.39 is 39.1 Å². The van der Waals surface area contributed by atoms with Crippen molar-refractivity contribution in [3.63, 3.8) is 0 Å². The molecule has 0 radical (unpaired) electrons. The van der Waals surface area contributed by atoms with Gasteiger partial charge in [-0.2, -0.15) is 13.2 Å². The predicted octanol–water partition coefficient (Wildman–Crippen LogP) is 4.53. The summed E-state index contributed by atoms with van der Waals surface area (Å²) in [5, 5.41) is 3.87. The molecule has 3 rings (SSSR count). The third kappa shape index (κ3) is 4.98. The number of hydrogen-bond acceptors (Lipinski definition) is 5. The van der Waals surface area contributed by atoms with Crippen molar-refractivity contribution in [3.05, 3.63) is 60.0 Å². The van der Waals surface area contributed by atoms with Crippen molar-refractivity contribution < 1.29 is 35.6 Å². The average molecular weight is 470 g/mol. The summed E-state index contributed by atoms with van der Waals surface area (Å²) in [5.41, 5.74) is -1.87. The first-order valence-corrected chi connectivity index (χ1v) is 11.3. The molecule has 0 N–H and O–H groups in total. The molecule has 1 heterocycles. The first-order chi connectivity index (χ1) is 14.9. The molecule has 0 unspecified atom stereocenters. The van der Waals surface area contributed by atoms with E-state index >= 15 is 0 Å². The highest BCUT2D eigenvalue weighted by atomic mass is 32.2. The highest BCUT2D eigenvalue weighted by Crippen LogP contribution is 2.42. The van der Waals surface area contributed by atoms with Crippen molar-refractivity contribution >= 4 is 15.8 Å². The van der Waals surface area contributed by atoms with Gasteiger partial charge in [-0.3, -0.25) is 0 Å². The second kappa shape index (κ2) is 8.73. The Morgan fingerprint density at radius 2 is 1.59 bits per heavy atom. The fraction of sp³-hybridized carbons (Fsp3) is 0.238. The molecule has 0 atom stereocenters. The van der Waals surface area contributed by atoms with Crippen LogP contribution in [0, 0.1) is 5.82 Å². The van der Waals surface area contributed by atoms with E-state index in [9.17, 15) is 30.8 Å². The summed E-state index contributed by atoms with van der Waals surface area (Å²) in [5.74, 6) is -1.56. The molecular formula is C21H18F4N2O4S. The molecular weight excluding hydrogens is 452 g/mol. The molecule has 11 heteroatoms. The van der Waals surface area contributed by atoms with Gasteiger partial charge in [0.2, 0.25) is 0 Å². The number of rotatable bonds is 6. The number of sulfone groups is 1. The molecule has 1 aromatic heterocycles. The standard InChI is InChI=1S/C21H18F4N2O4S/c1-3-4-17(28)31-27-20(21(23,24)25)18(13-5-9-15(22)10-6-13)19(26-27)14-7-11-16(12-8-14)32(2,29)30/h5-12H,3-4H2,1-2H3. The van der Waals surface area contributed by atoms with E-state index in [0.717, 1.165) is 30.5 Å². The first kappa shape index (κ1) is 23.5. The number of nitrogens with zero attached hydrogens (tertiary/aromatic N) is 2. The van der Waals surface area contributed by atoms with Crippen LogP contribution in [0.25, 0.3) is 22.4 Å². The lowest BCUT2D eigenvalue weighted by Gasteiger charge is -2.12. The molecule has 0 aliphatic carbocycles. The molecule has 2 aromatic carbocycles. The third-order valence-electron chi connectivity index (χ3n) is 4.46. The van der Waals surface area contributed by atoms with Crippen molar-refractivity contribution in [3.8, 4) is 22.4 Å². The summed E-state index contributed by atoms with van der Waals surface area (Å²) in [7, 11) is -3.53. The number of aromatic nitrogens is 2. The van der Waals surface area contributed by atoms with Crippen LogP contribution in [0.5, 0.6) is 0 Å². The Bertz CT molecular complexity index is 1230. The van der Waals surface area contributed by atoms with E-state index in [-0.39, 0.29) is 33.0 Å². The lowest BCUT2D eigenvalue weighted by Crippen LogP contribution is -2.26. The average Bonchev–Trinajstić information content (AvgIpc) is 3.07. The van der Waals surface area contributed by atoms with Crippen LogP contribution in [0.4, 0.5) is 17.6 Å². The second-order valence-corrected chi connectivity index (χ2v) is 8.98. The molecule has 32 heavy (non-hydrogen) atoms. The predicted molar refractivity (Wildman–Crippen MR) is 108 cm³/mol. The van der Waals surface area contributed by atoms with Crippen molar-refractivity contribution in [1.82, 2.24) is 9.94 Å². The lowest BCUT2D eigenvalue weighted by molar-refractivity contribution is -0.162. The van der Waals surface area contributed by atoms with Gasteiger partial charge >= 0.3 is 12.1 Å². The molecule has 0 aliphatic heterocycles. The molecule has 170 valence electrons. The Balaban J connectivity index is 2.28. The Morgan fingerprint density at radius 3 is 2.09 bits per heavy atom. The quantitative estimate of drug-likeness (QED) is 0.495. The van der Waals surface area contributed by atoms with Crippen LogP contribution >= 0.6 is 0 Å². The van der Waals surface area contributed by atoms with Crippen molar-refractivity contribution in [2.24, 2.45) is 0 Å². The fourth-order valence-corrected chi connectivity index (χ4v) is 3.64. The van der Waals surface area contributed by atoms with Crippen LogP contribution in [0.2, 0.25) is 0 Å². The maximum absolute atomic E-state index is 14.1. The minimum atomic E-state index is -4.98. The molecule has 0 saturated heterocycles. The zero-order valence-electron chi connectivity index (χ0n) is 17.0. The molecule has 0 bridgehead atoms. The smallest absolute Gasteiger partial charge is 0.319 e. The van der Waals surface area contributed by atoms with Gasteiger partial charge in [0.05, 0.1) is 4.90 Å². The van der Waals surface area contributed by atoms with Gasteiger partial charge in [0, 0.05) is 23.8 Å². The number of benzene rings is 2. The Kier molecular flexibility index (Phi) is 6.40. The maximum atomic E-state index is 14.1. The SMILES string of the molecule is CCCC(=O)On1nc(-c2ccc(S(C)(=O)=O)cc2)c(-c2ccc(F)cc2)c1C(F)(F)F. The van der Waals surface area contributed by atoms with E-state index in [1.807, 2.05) is 0 Å². The zero-order valence-corrected chi connectivity index (χ0v) is 17.8. The largest absolute Gasteiger partial charge is 0.437 e. The summed E-state index contributed by atoms with van der Waals surface area (Å²) in [6, 6.07) is 9.33. The van der Waals surface area contributed by atoms with E-state index in [1.54, 1.807) is 6.92 Å². The van der Waals surface area contributed by atoms with Gasteiger partial charge in [0.1, 0.15) is 11.5 Å². The number of carbonyl (C=O) groups excluding carboxylic acids is 1. The van der Waals surface area contributed by atoms with Gasteiger partial charge in [-0.25, -0.2) is 17.6 Å². The van der Waals surface area contributed by atoms with Gasteiger partial charge in [0.25, 0.3) is 0 Å². The maximum Gasteiger partial charge on any atom is 0.437 e. The van der Waals surface area contributed by atoms with Gasteiger partial charge in [-0.05, 0) is 36.2 Å². The number of alkyl halides is 3. The van der Waals surface area contributed by atoms with E-state index in [1.165, 1.54) is 24.3 Å². The monoisotopic (exact) mass is 470 g/mol. The topological polar surface area (TPSA) is 78.3 Å². The van der Waals surface area contributed by atoms with Crippen LogP contribution < -0.4 is 4.84 Å². The minimum Gasteiger partial charge on any atom is -0.319 e. The van der Waals surface area contributed by atoms with Crippen LogP contribution in [-0.4, -0.2) is 30.6 Å². The Labute approximate surface area is 181 Å². The van der Waals surface area contributed by atoms with Gasteiger partial charge in [-0.1, -0.05) is 36.0 Å². The number of hydrogen-bond donors (Lipinski definition) is 0. The highest BCUT2D eigenvalue weighted by molar-refractivity contribution is 7.90. The number of halogens is 4. The first-order valence-electron chi connectivity index (χ1n) is 9.39. The second-order valence-electron chi connectivity index (χ2n) is 6.96. The van der Waals surface area contributed by atoms with Crippen LogP contribution in [0.3, 0.4) is 0 Å². The lowest BCUT2D eigenvalue weighted by atomic mass is 9.98. The normalized spacial score (nSPS) is 12.1. The van der Waals surface area contributed by atoms with Gasteiger partial charge in [-0.15, -0.1) is 5.10 Å². The van der Waals surface area contributed by atoms with Crippen LogP contribution in [0.1, 0.15) is 25.5 Å². The molecule has 3 aromatic rings. The summed E-state index contributed by atoms with van der Waals surface area (Å²) in [6.07, 6.45) is -3.75. The molecule has 6 nitrogen and oxygen atoms in total. The molecule has 0 aliphatic rings. The minimum absolute atomic E-state index is 0.0151. The van der Waals surface area contributed by atoms with Crippen LogP contribution in [-0.2, 0) is 20.8 Å². The summed E-state index contributed by atoms with van der Waals surface area (Å²) < 4.78 is 79.0. The van der Waals surface area contributed by atoms with E-state index in [2.05, 4.69) is 5.10 Å². The summed E-state index contributed by atoms with van der Waals surface area (Å²) in [4.78, 5) is 16.9. The van der Waals surface area contributed by atoms with E-state index in [4.69, 9.17) is 4.84 Å². The van der Waals surface area contributed by atoms with Gasteiger partial charge in [0.15, 0.2) is 15.5 Å². The van der Waals surface area contributed by atoms with Crippen LogP contribution in [0.15, 0.2) is 53.4 Å². The van der Waals surface area contributed by atoms with E-state index in [0.29, 0.717) is 6.42 Å². The number of carbonyl (C=O) groups is 1. The molecule has 0 saturated carbocycles. The Morgan fingerprint density at radius 1 is 1.03 bits per heavy atom. The summed E-state index contributed by atoms with van der Waals surface area (Å²) >= 11 is 0. The third-order valence-corrected chi connectivity index (χ3v) is 5.58. The van der Waals surface area contributed by atoms with Crippen molar-refractivity contribution in [2.75, 3.05) is 6.26 Å². The molecule has 0 spiro atoms.